The van der Waals surface area contributed by atoms with Crippen LogP contribution in [0.1, 0.15) is 22.9 Å². The third kappa shape index (κ3) is 1.55. The molecule has 0 spiro atoms. The van der Waals surface area contributed by atoms with Crippen LogP contribution in [0.3, 0.4) is 0 Å². The molecule has 4 rings (SSSR count). The third-order valence-electron chi connectivity index (χ3n) is 3.65. The number of nitrogens with two attached hydrogens (primary N) is 1. The summed E-state index contributed by atoms with van der Waals surface area (Å²) >= 11 is 1.62. The lowest BCUT2D eigenvalue weighted by Gasteiger charge is -2.28. The van der Waals surface area contributed by atoms with Crippen LogP contribution in [0.15, 0.2) is 35.7 Å². The Balaban J connectivity index is 1.85. The number of benzene rings is 1. The molecule has 94 valence electrons. The average Bonchev–Trinajstić information content (AvgIpc) is 2.87. The first-order chi connectivity index (χ1) is 9.36. The normalized spacial score (nSPS) is 17.0. The molecule has 1 aliphatic carbocycles. The molecule has 4 nitrogen and oxygen atoms in total. The van der Waals surface area contributed by atoms with Crippen molar-refractivity contribution in [3.63, 3.8) is 0 Å². The van der Waals surface area contributed by atoms with E-state index < -0.39 is 0 Å². The molecule has 1 aromatic carbocycles. The van der Waals surface area contributed by atoms with Crippen LogP contribution < -0.4 is 11.3 Å². The number of hydrogen-bond acceptors (Lipinski definition) is 5. The largest absolute Gasteiger partial charge is 0.308 e. The van der Waals surface area contributed by atoms with Crippen molar-refractivity contribution in [1.29, 1.82) is 0 Å². The Hall–Kier alpha value is -1.98. The number of nitrogens with zero attached hydrogens (tertiary/aromatic N) is 2. The fraction of sp³-hybridized carbons (Fsp3) is 0.143. The number of fused-ring (bicyclic) bond motifs is 2. The second-order valence-electron chi connectivity index (χ2n) is 4.67. The summed E-state index contributed by atoms with van der Waals surface area (Å²) in [4.78, 5) is 10.2. The Morgan fingerprint density at radius 1 is 1.21 bits per heavy atom. The minimum atomic E-state index is 0.301. The summed E-state index contributed by atoms with van der Waals surface area (Å²) in [7, 11) is 0. The summed E-state index contributed by atoms with van der Waals surface area (Å²) in [5, 5.41) is 3.00. The van der Waals surface area contributed by atoms with Crippen molar-refractivity contribution in [3.8, 4) is 0 Å². The van der Waals surface area contributed by atoms with Gasteiger partial charge in [-0.2, -0.15) is 0 Å². The summed E-state index contributed by atoms with van der Waals surface area (Å²) in [6.45, 7) is 0. The Kier molecular flexibility index (Phi) is 2.30. The van der Waals surface area contributed by atoms with Gasteiger partial charge < -0.3 is 5.43 Å². The zero-order valence-electron chi connectivity index (χ0n) is 10.1. The number of aromatic nitrogens is 2. The predicted molar refractivity (Wildman–Crippen MR) is 77.2 cm³/mol. The maximum Gasteiger partial charge on any atom is 0.152 e. The van der Waals surface area contributed by atoms with Gasteiger partial charge in [-0.3, -0.25) is 0 Å². The van der Waals surface area contributed by atoms with Gasteiger partial charge in [0.1, 0.15) is 10.7 Å². The molecule has 0 radical (unpaired) electrons. The standard InChI is InChI=1S/C14H12N4S/c15-18-13-10-5-6-19-14(10)17-12(16-13)11-7-8-3-1-2-4-9(8)11/h1-6,11H,7,15H2,(H,16,17,18). The molecule has 0 bridgehead atoms. The van der Waals surface area contributed by atoms with E-state index in [0.717, 1.165) is 22.5 Å². The molecule has 2 aromatic heterocycles. The molecule has 5 heteroatoms. The third-order valence-corrected chi connectivity index (χ3v) is 4.45. The van der Waals surface area contributed by atoms with E-state index in [0.29, 0.717) is 11.7 Å². The second-order valence-corrected chi connectivity index (χ2v) is 5.56. The number of nitrogens with one attached hydrogen (secondary N) is 1. The molecule has 19 heavy (non-hydrogen) atoms. The minimum absolute atomic E-state index is 0.301. The van der Waals surface area contributed by atoms with Gasteiger partial charge in [-0.05, 0) is 29.0 Å². The fourth-order valence-electron chi connectivity index (χ4n) is 2.63. The van der Waals surface area contributed by atoms with E-state index in [1.54, 1.807) is 11.3 Å². The van der Waals surface area contributed by atoms with E-state index in [2.05, 4.69) is 39.7 Å². The van der Waals surface area contributed by atoms with Gasteiger partial charge in [-0.1, -0.05) is 24.3 Å². The second kappa shape index (κ2) is 4.01. The average molecular weight is 268 g/mol. The molecule has 0 aliphatic heterocycles. The molecule has 1 unspecified atom stereocenters. The smallest absolute Gasteiger partial charge is 0.152 e. The first-order valence-electron chi connectivity index (χ1n) is 6.16. The fourth-order valence-corrected chi connectivity index (χ4v) is 3.40. The molecule has 0 saturated carbocycles. The molecular formula is C14H12N4S. The number of thiophene rings is 1. The summed E-state index contributed by atoms with van der Waals surface area (Å²) in [5.74, 6) is 7.44. The van der Waals surface area contributed by atoms with E-state index in [-0.39, 0.29) is 0 Å². The van der Waals surface area contributed by atoms with Crippen molar-refractivity contribution in [1.82, 2.24) is 9.97 Å². The van der Waals surface area contributed by atoms with Crippen LogP contribution in [0.5, 0.6) is 0 Å². The lowest BCUT2D eigenvalue weighted by molar-refractivity contribution is 0.665. The molecular weight excluding hydrogens is 256 g/mol. The van der Waals surface area contributed by atoms with Crippen LogP contribution in [0.2, 0.25) is 0 Å². The summed E-state index contributed by atoms with van der Waals surface area (Å²) in [6.07, 6.45) is 1.01. The lowest BCUT2D eigenvalue weighted by atomic mass is 9.77. The van der Waals surface area contributed by atoms with Gasteiger partial charge in [-0.15, -0.1) is 11.3 Å². The van der Waals surface area contributed by atoms with Gasteiger partial charge in [-0.25, -0.2) is 15.8 Å². The van der Waals surface area contributed by atoms with E-state index in [1.807, 2.05) is 11.4 Å². The van der Waals surface area contributed by atoms with Gasteiger partial charge in [0, 0.05) is 5.92 Å². The van der Waals surface area contributed by atoms with E-state index >= 15 is 0 Å². The van der Waals surface area contributed by atoms with Crippen molar-refractivity contribution < 1.29 is 0 Å². The predicted octanol–water partition coefficient (Wildman–Crippen LogP) is 2.66. The van der Waals surface area contributed by atoms with Crippen LogP contribution in [-0.4, -0.2) is 9.97 Å². The Morgan fingerprint density at radius 3 is 2.95 bits per heavy atom. The van der Waals surface area contributed by atoms with Crippen molar-refractivity contribution in [2.75, 3.05) is 5.43 Å². The summed E-state index contributed by atoms with van der Waals surface area (Å²) in [6, 6.07) is 10.5. The molecule has 0 amide bonds. The zero-order valence-corrected chi connectivity index (χ0v) is 10.9. The molecule has 2 heterocycles. The van der Waals surface area contributed by atoms with E-state index in [9.17, 15) is 0 Å². The highest BCUT2D eigenvalue weighted by molar-refractivity contribution is 7.16. The van der Waals surface area contributed by atoms with Crippen LogP contribution >= 0.6 is 11.3 Å². The first kappa shape index (κ1) is 10.9. The number of anilines is 1. The maximum atomic E-state index is 5.56. The molecule has 0 fully saturated rings. The van der Waals surface area contributed by atoms with Crippen molar-refractivity contribution in [2.24, 2.45) is 5.84 Å². The Bertz CT molecular complexity index is 765. The SMILES string of the molecule is NNc1nc(C2Cc3ccccc32)nc2sccc12. The molecule has 3 N–H and O–H groups in total. The first-order valence-corrected chi connectivity index (χ1v) is 7.04. The van der Waals surface area contributed by atoms with Gasteiger partial charge in [0.25, 0.3) is 0 Å². The van der Waals surface area contributed by atoms with Gasteiger partial charge in [0.15, 0.2) is 5.82 Å². The summed E-state index contributed by atoms with van der Waals surface area (Å²) in [5.41, 5.74) is 5.41. The molecule has 3 aromatic rings. The highest BCUT2D eigenvalue weighted by atomic mass is 32.1. The van der Waals surface area contributed by atoms with Crippen molar-refractivity contribution >= 4 is 27.4 Å². The highest BCUT2D eigenvalue weighted by Gasteiger charge is 2.30. The van der Waals surface area contributed by atoms with Crippen molar-refractivity contribution in [3.05, 3.63) is 52.7 Å². The van der Waals surface area contributed by atoms with E-state index in [4.69, 9.17) is 5.84 Å². The molecule has 0 saturated heterocycles. The van der Waals surface area contributed by atoms with E-state index in [1.165, 1.54) is 11.1 Å². The van der Waals surface area contributed by atoms with Crippen LogP contribution in [-0.2, 0) is 6.42 Å². The van der Waals surface area contributed by atoms with Gasteiger partial charge >= 0.3 is 0 Å². The van der Waals surface area contributed by atoms with Gasteiger partial charge in [0.2, 0.25) is 0 Å². The minimum Gasteiger partial charge on any atom is -0.308 e. The number of rotatable bonds is 2. The number of hydrogen-bond donors (Lipinski definition) is 2. The molecule has 1 aliphatic rings. The highest BCUT2D eigenvalue weighted by Crippen LogP contribution is 2.39. The van der Waals surface area contributed by atoms with Crippen LogP contribution in [0.4, 0.5) is 5.82 Å². The lowest BCUT2D eigenvalue weighted by Crippen LogP contribution is -2.21. The monoisotopic (exact) mass is 268 g/mol. The quantitative estimate of drug-likeness (QED) is 0.554. The maximum absolute atomic E-state index is 5.56. The van der Waals surface area contributed by atoms with Gasteiger partial charge in [0.05, 0.1) is 5.39 Å². The number of hydrazine groups is 1. The number of nitrogen functional groups attached to an aromatic ring is 1. The van der Waals surface area contributed by atoms with Crippen LogP contribution in [0.25, 0.3) is 10.2 Å². The van der Waals surface area contributed by atoms with Crippen molar-refractivity contribution in [2.45, 2.75) is 12.3 Å². The molecule has 1 atom stereocenters. The Morgan fingerprint density at radius 2 is 2.11 bits per heavy atom. The van der Waals surface area contributed by atoms with Crippen LogP contribution in [0, 0.1) is 0 Å². The topological polar surface area (TPSA) is 63.8 Å². The Labute approximate surface area is 114 Å². The summed E-state index contributed by atoms with van der Waals surface area (Å²) < 4.78 is 0. The zero-order chi connectivity index (χ0) is 12.8.